The first-order valence-corrected chi connectivity index (χ1v) is 8.73. The molecule has 0 aliphatic heterocycles. The molecule has 1 aliphatic carbocycles. The van der Waals surface area contributed by atoms with Crippen molar-refractivity contribution in [3.63, 3.8) is 0 Å². The first-order valence-electron chi connectivity index (χ1n) is 7.92. The second-order valence-corrected chi connectivity index (χ2v) is 6.89. The van der Waals surface area contributed by atoms with Gasteiger partial charge in [-0.05, 0) is 18.8 Å². The van der Waals surface area contributed by atoms with Crippen molar-refractivity contribution in [1.29, 1.82) is 0 Å². The topological polar surface area (TPSA) is 107 Å². The molecule has 0 unspecified atom stereocenters. The van der Waals surface area contributed by atoms with Crippen LogP contribution in [0.25, 0.3) is 4.96 Å². The van der Waals surface area contributed by atoms with Crippen LogP contribution in [-0.2, 0) is 4.79 Å². The fraction of sp³-hybridized carbons (Fsp3) is 0.533. The van der Waals surface area contributed by atoms with Crippen molar-refractivity contribution >= 4 is 33.9 Å². The summed E-state index contributed by atoms with van der Waals surface area (Å²) >= 11 is 1.50. The van der Waals surface area contributed by atoms with Crippen molar-refractivity contribution in [3.8, 4) is 0 Å². The minimum absolute atomic E-state index is 0.170. The standard InChI is InChI=1S/C15H21N5O2S/c1-2-11(21)20(17)14-12(9-6-4-3-5-7-9)23-15-18-10(13(16)22)8-19(14)15/h8-9H,2-7,17H2,1H3,(H2,16,22). The van der Waals surface area contributed by atoms with Crippen molar-refractivity contribution in [3.05, 3.63) is 16.8 Å². The van der Waals surface area contributed by atoms with Crippen molar-refractivity contribution < 1.29 is 9.59 Å². The summed E-state index contributed by atoms with van der Waals surface area (Å²) in [5.41, 5.74) is 5.49. The molecule has 2 amide bonds. The van der Waals surface area contributed by atoms with Gasteiger partial charge in [-0.3, -0.25) is 14.0 Å². The van der Waals surface area contributed by atoms with Gasteiger partial charge in [-0.15, -0.1) is 0 Å². The highest BCUT2D eigenvalue weighted by molar-refractivity contribution is 7.17. The number of primary amides is 1. The summed E-state index contributed by atoms with van der Waals surface area (Å²) in [7, 11) is 0. The highest BCUT2D eigenvalue weighted by atomic mass is 32.1. The Morgan fingerprint density at radius 1 is 1.39 bits per heavy atom. The van der Waals surface area contributed by atoms with E-state index < -0.39 is 5.91 Å². The van der Waals surface area contributed by atoms with Gasteiger partial charge in [-0.2, -0.15) is 0 Å². The van der Waals surface area contributed by atoms with E-state index in [1.165, 1.54) is 35.6 Å². The van der Waals surface area contributed by atoms with Gasteiger partial charge in [0.1, 0.15) is 5.69 Å². The molecule has 1 aliphatic rings. The second kappa shape index (κ2) is 6.29. The molecule has 124 valence electrons. The maximum atomic E-state index is 12.1. The summed E-state index contributed by atoms with van der Waals surface area (Å²) in [5, 5.41) is 1.19. The van der Waals surface area contributed by atoms with Gasteiger partial charge in [0.05, 0.1) is 4.88 Å². The van der Waals surface area contributed by atoms with E-state index >= 15 is 0 Å². The van der Waals surface area contributed by atoms with E-state index in [9.17, 15) is 9.59 Å². The van der Waals surface area contributed by atoms with Gasteiger partial charge in [-0.1, -0.05) is 37.5 Å². The van der Waals surface area contributed by atoms with E-state index in [2.05, 4.69) is 4.98 Å². The molecule has 23 heavy (non-hydrogen) atoms. The number of fused-ring (bicyclic) bond motifs is 1. The average Bonchev–Trinajstić information content (AvgIpc) is 3.12. The van der Waals surface area contributed by atoms with Gasteiger partial charge in [-0.25, -0.2) is 15.8 Å². The number of hydrogen-bond acceptors (Lipinski definition) is 5. The lowest BCUT2D eigenvalue weighted by atomic mass is 9.88. The number of nitrogens with two attached hydrogens (primary N) is 2. The fourth-order valence-electron chi connectivity index (χ4n) is 3.12. The molecule has 7 nitrogen and oxygen atoms in total. The van der Waals surface area contributed by atoms with Crippen LogP contribution >= 0.6 is 11.3 Å². The van der Waals surface area contributed by atoms with Crippen LogP contribution in [0.5, 0.6) is 0 Å². The Kier molecular flexibility index (Phi) is 4.36. The third-order valence-corrected chi connectivity index (χ3v) is 5.56. The number of anilines is 1. The highest BCUT2D eigenvalue weighted by Gasteiger charge is 2.28. The Balaban J connectivity index is 2.12. The second-order valence-electron chi connectivity index (χ2n) is 5.89. The summed E-state index contributed by atoms with van der Waals surface area (Å²) in [5.74, 6) is 6.34. The first-order chi connectivity index (χ1) is 11.0. The zero-order chi connectivity index (χ0) is 16.6. The predicted octanol–water partition coefficient (Wildman–Crippen LogP) is 2.16. The summed E-state index contributed by atoms with van der Waals surface area (Å²) < 4.78 is 1.72. The summed E-state index contributed by atoms with van der Waals surface area (Å²) in [6, 6.07) is 0. The SMILES string of the molecule is CCC(=O)N(N)c1c(C2CCCCC2)sc2nc(C(N)=O)cn12. The van der Waals surface area contributed by atoms with E-state index in [-0.39, 0.29) is 11.6 Å². The predicted molar refractivity (Wildman–Crippen MR) is 89.4 cm³/mol. The molecule has 0 spiro atoms. The molecule has 0 aromatic carbocycles. The van der Waals surface area contributed by atoms with Gasteiger partial charge < -0.3 is 5.73 Å². The van der Waals surface area contributed by atoms with Crippen LogP contribution in [-0.4, -0.2) is 21.2 Å². The maximum absolute atomic E-state index is 12.1. The van der Waals surface area contributed by atoms with Crippen molar-refractivity contribution in [2.75, 3.05) is 5.01 Å². The lowest BCUT2D eigenvalue weighted by Gasteiger charge is -2.24. The monoisotopic (exact) mass is 335 g/mol. The lowest BCUT2D eigenvalue weighted by Crippen LogP contribution is -2.38. The Morgan fingerprint density at radius 2 is 2.09 bits per heavy atom. The van der Waals surface area contributed by atoms with Crippen LogP contribution in [0.3, 0.4) is 0 Å². The van der Waals surface area contributed by atoms with E-state index in [1.807, 2.05) is 0 Å². The molecule has 1 fully saturated rings. The molecule has 2 heterocycles. The normalized spacial score (nSPS) is 15.9. The number of aromatic nitrogens is 2. The van der Waals surface area contributed by atoms with Gasteiger partial charge in [0, 0.05) is 12.6 Å². The van der Waals surface area contributed by atoms with Crippen LogP contribution in [0.1, 0.15) is 66.7 Å². The quantitative estimate of drug-likeness (QED) is 0.507. The zero-order valence-electron chi connectivity index (χ0n) is 13.1. The molecule has 0 radical (unpaired) electrons. The molecule has 8 heteroatoms. The van der Waals surface area contributed by atoms with Crippen LogP contribution in [0.2, 0.25) is 0 Å². The highest BCUT2D eigenvalue weighted by Crippen LogP contribution is 2.42. The number of amides is 2. The number of carbonyl (C=O) groups excluding carboxylic acids is 2. The number of thiazole rings is 1. The van der Waals surface area contributed by atoms with Gasteiger partial charge in [0.25, 0.3) is 5.91 Å². The summed E-state index contributed by atoms with van der Waals surface area (Å²) in [6.07, 6.45) is 7.68. The van der Waals surface area contributed by atoms with Crippen LogP contribution in [0.15, 0.2) is 6.20 Å². The average molecular weight is 335 g/mol. The van der Waals surface area contributed by atoms with Gasteiger partial charge in [0.15, 0.2) is 10.8 Å². The van der Waals surface area contributed by atoms with E-state index in [1.54, 1.807) is 17.5 Å². The number of hydrogen-bond donors (Lipinski definition) is 2. The van der Waals surface area contributed by atoms with Crippen molar-refractivity contribution in [1.82, 2.24) is 9.38 Å². The third-order valence-electron chi connectivity index (χ3n) is 4.35. The number of nitrogens with zero attached hydrogens (tertiary/aromatic N) is 3. The smallest absolute Gasteiger partial charge is 0.268 e. The number of carbonyl (C=O) groups is 2. The fourth-order valence-corrected chi connectivity index (χ4v) is 4.39. The lowest BCUT2D eigenvalue weighted by molar-refractivity contribution is -0.118. The van der Waals surface area contributed by atoms with Crippen molar-refractivity contribution in [2.45, 2.75) is 51.4 Å². The summed E-state index contributed by atoms with van der Waals surface area (Å²) in [4.78, 5) is 29.5. The number of imidazole rings is 1. The largest absolute Gasteiger partial charge is 0.364 e. The molecule has 2 aromatic heterocycles. The minimum Gasteiger partial charge on any atom is -0.364 e. The van der Waals surface area contributed by atoms with Crippen LogP contribution in [0.4, 0.5) is 5.82 Å². The van der Waals surface area contributed by atoms with Crippen molar-refractivity contribution in [2.24, 2.45) is 11.6 Å². The Bertz CT molecular complexity index is 744. The van der Waals surface area contributed by atoms with Crippen LogP contribution in [0, 0.1) is 0 Å². The zero-order valence-corrected chi connectivity index (χ0v) is 13.9. The molecule has 0 saturated heterocycles. The first kappa shape index (κ1) is 15.9. The Morgan fingerprint density at radius 3 is 2.70 bits per heavy atom. The molecule has 4 N–H and O–H groups in total. The summed E-state index contributed by atoms with van der Waals surface area (Å²) in [6.45, 7) is 1.77. The molecule has 2 aromatic rings. The van der Waals surface area contributed by atoms with E-state index in [0.29, 0.717) is 23.1 Å². The maximum Gasteiger partial charge on any atom is 0.268 e. The molecule has 3 rings (SSSR count). The molecule has 0 bridgehead atoms. The number of rotatable bonds is 4. The minimum atomic E-state index is -0.587. The van der Waals surface area contributed by atoms with Crippen LogP contribution < -0.4 is 16.6 Å². The molecule has 0 atom stereocenters. The third kappa shape index (κ3) is 2.84. The molecular formula is C15H21N5O2S. The number of hydrazine groups is 1. The molecular weight excluding hydrogens is 314 g/mol. The Hall–Kier alpha value is -1.93. The van der Waals surface area contributed by atoms with Gasteiger partial charge in [0.2, 0.25) is 5.91 Å². The van der Waals surface area contributed by atoms with Gasteiger partial charge >= 0.3 is 0 Å². The molecule has 1 saturated carbocycles. The van der Waals surface area contributed by atoms with E-state index in [4.69, 9.17) is 11.6 Å². The Labute approximate surface area is 138 Å². The van der Waals surface area contributed by atoms with E-state index in [0.717, 1.165) is 17.7 Å².